The van der Waals surface area contributed by atoms with Gasteiger partial charge in [-0.25, -0.2) is 0 Å². The van der Waals surface area contributed by atoms with E-state index in [4.69, 9.17) is 11.6 Å². The van der Waals surface area contributed by atoms with E-state index in [-0.39, 0.29) is 5.91 Å². The average molecular weight is 294 g/mol. The summed E-state index contributed by atoms with van der Waals surface area (Å²) in [4.78, 5) is 10.8. The number of nitrogens with one attached hydrogen (secondary N) is 1. The lowest BCUT2D eigenvalue weighted by atomic mass is 10.2. The quantitative estimate of drug-likeness (QED) is 0.878. The van der Waals surface area contributed by atoms with Gasteiger partial charge in [0.15, 0.2) is 5.82 Å². The third kappa shape index (κ3) is 4.54. The molecular weight excluding hydrogens is 282 g/mol. The van der Waals surface area contributed by atoms with E-state index in [0.29, 0.717) is 5.82 Å². The molecule has 19 heavy (non-hydrogen) atoms. The van der Waals surface area contributed by atoms with Gasteiger partial charge in [0.05, 0.1) is 0 Å². The number of benzene rings is 1. The fourth-order valence-corrected chi connectivity index (χ4v) is 2.28. The summed E-state index contributed by atoms with van der Waals surface area (Å²) in [7, 11) is 0. The van der Waals surface area contributed by atoms with Crippen molar-refractivity contribution >= 4 is 35.1 Å². The number of nitrogens with zero attached hydrogens (tertiary/aromatic N) is 2. The number of carbonyl (C=O) groups excluding carboxylic acids is 1. The van der Waals surface area contributed by atoms with Crippen molar-refractivity contribution in [1.82, 2.24) is 10.2 Å². The molecule has 0 bridgehead atoms. The monoisotopic (exact) mass is 293 g/mol. The summed E-state index contributed by atoms with van der Waals surface area (Å²) in [6.45, 7) is 1.44. The Bertz CT molecular complexity index is 557. The van der Waals surface area contributed by atoms with Crippen molar-refractivity contribution in [2.24, 2.45) is 0 Å². The molecule has 0 spiro atoms. The third-order valence-corrected chi connectivity index (χ3v) is 3.49. The first-order chi connectivity index (χ1) is 9.13. The van der Waals surface area contributed by atoms with Crippen molar-refractivity contribution in [3.05, 3.63) is 47.0 Å². The number of carbonyl (C=O) groups is 1. The topological polar surface area (TPSA) is 54.9 Å². The molecule has 6 heteroatoms. The van der Waals surface area contributed by atoms with Crippen LogP contribution in [-0.2, 0) is 10.5 Å². The third-order valence-electron chi connectivity index (χ3n) is 2.24. The zero-order valence-corrected chi connectivity index (χ0v) is 11.8. The Labute approximate surface area is 120 Å². The number of hydrogen-bond acceptors (Lipinski definition) is 4. The Morgan fingerprint density at radius 3 is 2.53 bits per heavy atom. The van der Waals surface area contributed by atoms with Crippen LogP contribution in [0.3, 0.4) is 0 Å². The van der Waals surface area contributed by atoms with Gasteiger partial charge in [0, 0.05) is 17.7 Å². The first kappa shape index (κ1) is 13.8. The first-order valence-electron chi connectivity index (χ1n) is 5.62. The predicted octanol–water partition coefficient (Wildman–Crippen LogP) is 3.38. The number of rotatable bonds is 4. The molecule has 0 atom stereocenters. The van der Waals surface area contributed by atoms with Crippen LogP contribution in [0.15, 0.2) is 41.4 Å². The number of anilines is 1. The fraction of sp³-hybridized carbons (Fsp3) is 0.154. The summed E-state index contributed by atoms with van der Waals surface area (Å²) in [6, 6.07) is 11.3. The van der Waals surface area contributed by atoms with Gasteiger partial charge in [-0.05, 0) is 29.8 Å². The van der Waals surface area contributed by atoms with Gasteiger partial charge in [0.2, 0.25) is 5.91 Å². The van der Waals surface area contributed by atoms with Crippen molar-refractivity contribution in [3.8, 4) is 0 Å². The second-order valence-electron chi connectivity index (χ2n) is 3.85. The summed E-state index contributed by atoms with van der Waals surface area (Å²) >= 11 is 7.40. The van der Waals surface area contributed by atoms with Crippen LogP contribution >= 0.6 is 23.4 Å². The van der Waals surface area contributed by atoms with E-state index in [9.17, 15) is 4.79 Å². The maximum absolute atomic E-state index is 10.8. The van der Waals surface area contributed by atoms with Gasteiger partial charge < -0.3 is 5.32 Å². The molecule has 0 aliphatic heterocycles. The van der Waals surface area contributed by atoms with Crippen molar-refractivity contribution in [2.75, 3.05) is 5.32 Å². The average Bonchev–Trinajstić information content (AvgIpc) is 2.39. The molecule has 0 saturated carbocycles. The molecule has 1 N–H and O–H groups in total. The van der Waals surface area contributed by atoms with Gasteiger partial charge in [0.25, 0.3) is 0 Å². The van der Waals surface area contributed by atoms with Crippen LogP contribution in [0.1, 0.15) is 12.5 Å². The van der Waals surface area contributed by atoms with Crippen molar-refractivity contribution in [2.45, 2.75) is 17.7 Å². The number of hydrogen-bond donors (Lipinski definition) is 1. The van der Waals surface area contributed by atoms with Gasteiger partial charge in [-0.15, -0.1) is 10.2 Å². The molecule has 1 aromatic heterocycles. The van der Waals surface area contributed by atoms with Gasteiger partial charge in [-0.1, -0.05) is 35.5 Å². The molecule has 1 amide bonds. The van der Waals surface area contributed by atoms with Gasteiger partial charge in [-0.3, -0.25) is 4.79 Å². The van der Waals surface area contributed by atoms with E-state index in [2.05, 4.69) is 15.5 Å². The standard InChI is InChI=1S/C13H12ClN3OS/c1-9(18)15-12-6-7-13(17-16-12)19-8-10-2-4-11(14)5-3-10/h2-7H,8H2,1H3,(H,15,16,18). The van der Waals surface area contributed by atoms with Crippen LogP contribution in [-0.4, -0.2) is 16.1 Å². The first-order valence-corrected chi connectivity index (χ1v) is 6.98. The van der Waals surface area contributed by atoms with E-state index >= 15 is 0 Å². The lowest BCUT2D eigenvalue weighted by Gasteiger charge is -2.03. The van der Waals surface area contributed by atoms with E-state index in [1.165, 1.54) is 12.5 Å². The molecule has 0 radical (unpaired) electrons. The molecule has 0 aliphatic rings. The molecule has 98 valence electrons. The number of aromatic nitrogens is 2. The lowest BCUT2D eigenvalue weighted by Crippen LogP contribution is -2.07. The number of halogens is 1. The second kappa shape index (κ2) is 6.54. The van der Waals surface area contributed by atoms with Crippen LogP contribution < -0.4 is 5.32 Å². The van der Waals surface area contributed by atoms with E-state index in [1.54, 1.807) is 17.8 Å². The number of thioether (sulfide) groups is 1. The van der Waals surface area contributed by atoms with Gasteiger partial charge in [0.1, 0.15) is 5.03 Å². The maximum atomic E-state index is 10.8. The lowest BCUT2D eigenvalue weighted by molar-refractivity contribution is -0.114. The molecule has 0 unspecified atom stereocenters. The van der Waals surface area contributed by atoms with Crippen LogP contribution in [0.5, 0.6) is 0 Å². The van der Waals surface area contributed by atoms with Crippen molar-refractivity contribution in [3.63, 3.8) is 0 Å². The Balaban J connectivity index is 1.92. The fourth-order valence-electron chi connectivity index (χ4n) is 1.38. The summed E-state index contributed by atoms with van der Waals surface area (Å²) in [5.74, 6) is 1.10. The Morgan fingerprint density at radius 1 is 1.21 bits per heavy atom. The van der Waals surface area contributed by atoms with Gasteiger partial charge >= 0.3 is 0 Å². The minimum absolute atomic E-state index is 0.157. The van der Waals surface area contributed by atoms with Crippen LogP contribution in [0, 0.1) is 0 Å². The van der Waals surface area contributed by atoms with Crippen LogP contribution in [0.4, 0.5) is 5.82 Å². The summed E-state index contributed by atoms with van der Waals surface area (Å²) in [5.41, 5.74) is 1.17. The van der Waals surface area contributed by atoms with E-state index < -0.39 is 0 Å². The van der Waals surface area contributed by atoms with E-state index in [0.717, 1.165) is 15.8 Å². The molecule has 1 aromatic carbocycles. The van der Waals surface area contributed by atoms with Crippen LogP contribution in [0.2, 0.25) is 5.02 Å². The minimum Gasteiger partial charge on any atom is -0.309 e. The normalized spacial score (nSPS) is 10.2. The zero-order chi connectivity index (χ0) is 13.7. The molecule has 0 aliphatic carbocycles. The second-order valence-corrected chi connectivity index (χ2v) is 5.29. The molecule has 2 rings (SSSR count). The molecule has 0 saturated heterocycles. The predicted molar refractivity (Wildman–Crippen MR) is 77.3 cm³/mol. The molecule has 1 heterocycles. The SMILES string of the molecule is CC(=O)Nc1ccc(SCc2ccc(Cl)cc2)nn1. The smallest absolute Gasteiger partial charge is 0.222 e. The Morgan fingerprint density at radius 2 is 1.95 bits per heavy atom. The molecular formula is C13H12ClN3OS. The largest absolute Gasteiger partial charge is 0.309 e. The number of amides is 1. The summed E-state index contributed by atoms with van der Waals surface area (Å²) in [5, 5.41) is 12.1. The molecule has 4 nitrogen and oxygen atoms in total. The Kier molecular flexibility index (Phi) is 4.76. The highest BCUT2D eigenvalue weighted by molar-refractivity contribution is 7.98. The van der Waals surface area contributed by atoms with Crippen molar-refractivity contribution < 1.29 is 4.79 Å². The minimum atomic E-state index is -0.157. The molecule has 2 aromatic rings. The maximum Gasteiger partial charge on any atom is 0.222 e. The highest BCUT2D eigenvalue weighted by Gasteiger charge is 2.01. The van der Waals surface area contributed by atoms with Crippen LogP contribution in [0.25, 0.3) is 0 Å². The zero-order valence-electron chi connectivity index (χ0n) is 10.3. The highest BCUT2D eigenvalue weighted by Crippen LogP contribution is 2.21. The summed E-state index contributed by atoms with van der Waals surface area (Å²) < 4.78 is 0. The Hall–Kier alpha value is -1.59. The van der Waals surface area contributed by atoms with Gasteiger partial charge in [-0.2, -0.15) is 0 Å². The summed E-state index contributed by atoms with van der Waals surface area (Å²) in [6.07, 6.45) is 0. The van der Waals surface area contributed by atoms with E-state index in [1.807, 2.05) is 30.3 Å². The van der Waals surface area contributed by atoms with Crippen molar-refractivity contribution in [1.29, 1.82) is 0 Å². The highest BCUT2D eigenvalue weighted by atomic mass is 35.5. The molecule has 0 fully saturated rings.